The molecular weight excluding hydrogens is 189 g/mol. The summed E-state index contributed by atoms with van der Waals surface area (Å²) in [6.45, 7) is 0. The van der Waals surface area contributed by atoms with Gasteiger partial charge in [-0.3, -0.25) is 0 Å². The Morgan fingerprint density at radius 3 is 2.50 bits per heavy atom. The maximum atomic E-state index is 8.86. The third kappa shape index (κ3) is 1.57. The number of hydrogen-bond donors (Lipinski definition) is 0. The summed E-state index contributed by atoms with van der Waals surface area (Å²) in [4.78, 5) is 1.01. The number of thiophene rings is 1. The van der Waals surface area contributed by atoms with Gasteiger partial charge in [0.25, 0.3) is 0 Å². The van der Waals surface area contributed by atoms with Crippen LogP contribution in [0.1, 0.15) is 5.56 Å². The molecule has 64 valence electrons. The first-order valence-electron chi connectivity index (χ1n) is 4.15. The van der Waals surface area contributed by atoms with Crippen molar-refractivity contribution in [3.8, 4) is 16.5 Å². The molecule has 0 fully saturated rings. The molecule has 3 heteroatoms. The van der Waals surface area contributed by atoms with Crippen molar-refractivity contribution in [2.24, 2.45) is 0 Å². The van der Waals surface area contributed by atoms with Crippen LogP contribution >= 0.6 is 11.3 Å². The van der Waals surface area contributed by atoms with Crippen molar-refractivity contribution in [1.29, 1.82) is 5.26 Å². The van der Waals surface area contributed by atoms with E-state index in [0.717, 1.165) is 21.5 Å². The SMILES string of the molecule is [B]c1ccc(-c2sccc2C#N)cc1. The molecule has 2 aromatic rings. The molecular formula is C11H6BNS. The number of benzene rings is 1. The average molecular weight is 195 g/mol. The zero-order chi connectivity index (χ0) is 9.97. The van der Waals surface area contributed by atoms with Crippen LogP contribution in [0.2, 0.25) is 0 Å². The van der Waals surface area contributed by atoms with E-state index in [0.29, 0.717) is 0 Å². The molecule has 0 aliphatic rings. The molecule has 2 radical (unpaired) electrons. The summed E-state index contributed by atoms with van der Waals surface area (Å²) in [5, 5.41) is 10.8. The van der Waals surface area contributed by atoms with E-state index in [9.17, 15) is 0 Å². The Labute approximate surface area is 88.0 Å². The summed E-state index contributed by atoms with van der Waals surface area (Å²) >= 11 is 1.57. The summed E-state index contributed by atoms with van der Waals surface area (Å²) in [5.41, 5.74) is 2.51. The first-order chi connectivity index (χ1) is 6.81. The lowest BCUT2D eigenvalue weighted by Crippen LogP contribution is -1.98. The van der Waals surface area contributed by atoms with Crippen LogP contribution in [0.3, 0.4) is 0 Å². The van der Waals surface area contributed by atoms with E-state index < -0.39 is 0 Å². The topological polar surface area (TPSA) is 23.8 Å². The predicted molar refractivity (Wildman–Crippen MR) is 59.9 cm³/mol. The predicted octanol–water partition coefficient (Wildman–Crippen LogP) is 2.08. The molecule has 0 bridgehead atoms. The largest absolute Gasteiger partial charge is 0.192 e. The molecule has 14 heavy (non-hydrogen) atoms. The van der Waals surface area contributed by atoms with Gasteiger partial charge in [-0.1, -0.05) is 29.7 Å². The standard InChI is InChI=1S/C11H6BNS/c12-10-3-1-8(2-4-10)11-9(7-13)5-6-14-11/h1-6H. The molecule has 0 saturated carbocycles. The van der Waals surface area contributed by atoms with Crippen molar-refractivity contribution in [1.82, 2.24) is 0 Å². The maximum Gasteiger partial charge on any atom is 0.113 e. The van der Waals surface area contributed by atoms with Crippen LogP contribution in [0.25, 0.3) is 10.4 Å². The quantitative estimate of drug-likeness (QED) is 0.639. The number of hydrogen-bond acceptors (Lipinski definition) is 2. The van der Waals surface area contributed by atoms with Crippen molar-refractivity contribution in [2.75, 3.05) is 0 Å². The highest BCUT2D eigenvalue weighted by atomic mass is 32.1. The molecule has 1 nitrogen and oxygen atoms in total. The van der Waals surface area contributed by atoms with Gasteiger partial charge in [-0.25, -0.2) is 0 Å². The van der Waals surface area contributed by atoms with Crippen molar-refractivity contribution in [3.63, 3.8) is 0 Å². The lowest BCUT2D eigenvalue weighted by atomic mass is 9.95. The van der Waals surface area contributed by atoms with Gasteiger partial charge in [0.2, 0.25) is 0 Å². The second kappa shape index (κ2) is 3.69. The van der Waals surface area contributed by atoms with Gasteiger partial charge >= 0.3 is 0 Å². The highest BCUT2D eigenvalue weighted by molar-refractivity contribution is 7.13. The first-order valence-corrected chi connectivity index (χ1v) is 5.03. The Balaban J connectivity index is 2.50. The molecule has 2 rings (SSSR count). The van der Waals surface area contributed by atoms with Gasteiger partial charge in [0.15, 0.2) is 0 Å². The highest BCUT2D eigenvalue weighted by Gasteiger charge is 2.04. The Bertz CT molecular complexity index is 479. The van der Waals surface area contributed by atoms with Crippen LogP contribution in [0.15, 0.2) is 35.7 Å². The lowest BCUT2D eigenvalue weighted by Gasteiger charge is -1.98. The van der Waals surface area contributed by atoms with E-state index in [1.807, 2.05) is 35.7 Å². The van der Waals surface area contributed by atoms with E-state index in [-0.39, 0.29) is 0 Å². The molecule has 0 saturated heterocycles. The molecule has 1 aromatic carbocycles. The summed E-state index contributed by atoms with van der Waals surface area (Å²) in [5.74, 6) is 0. The molecule has 0 aliphatic carbocycles. The second-order valence-electron chi connectivity index (χ2n) is 2.90. The van der Waals surface area contributed by atoms with Crippen LogP contribution in [-0.4, -0.2) is 7.85 Å². The highest BCUT2D eigenvalue weighted by Crippen LogP contribution is 2.28. The van der Waals surface area contributed by atoms with Gasteiger partial charge in [-0.05, 0) is 17.0 Å². The number of nitrogens with zero attached hydrogens (tertiary/aromatic N) is 1. The fraction of sp³-hybridized carbons (Fsp3) is 0. The van der Waals surface area contributed by atoms with Crippen LogP contribution in [0, 0.1) is 11.3 Å². The fourth-order valence-electron chi connectivity index (χ4n) is 1.26. The van der Waals surface area contributed by atoms with Gasteiger partial charge in [-0.15, -0.1) is 11.3 Å². The summed E-state index contributed by atoms with van der Waals surface area (Å²) < 4.78 is 0. The van der Waals surface area contributed by atoms with Gasteiger partial charge in [-0.2, -0.15) is 5.26 Å². The molecule has 0 amide bonds. The van der Waals surface area contributed by atoms with Gasteiger partial charge in [0.05, 0.1) is 10.4 Å². The van der Waals surface area contributed by atoms with Crippen molar-refractivity contribution in [2.45, 2.75) is 0 Å². The minimum Gasteiger partial charge on any atom is -0.192 e. The Morgan fingerprint density at radius 2 is 1.86 bits per heavy atom. The molecule has 1 aromatic heterocycles. The number of rotatable bonds is 1. The fourth-order valence-corrected chi connectivity index (χ4v) is 2.11. The van der Waals surface area contributed by atoms with E-state index in [1.54, 1.807) is 11.3 Å². The van der Waals surface area contributed by atoms with Crippen molar-refractivity contribution >= 4 is 24.6 Å². The third-order valence-electron chi connectivity index (χ3n) is 1.96. The van der Waals surface area contributed by atoms with E-state index in [4.69, 9.17) is 13.1 Å². The molecule has 0 N–H and O–H groups in total. The van der Waals surface area contributed by atoms with Crippen molar-refractivity contribution in [3.05, 3.63) is 41.3 Å². The molecule has 0 unspecified atom stereocenters. The van der Waals surface area contributed by atoms with Crippen LogP contribution < -0.4 is 5.46 Å². The van der Waals surface area contributed by atoms with Crippen LogP contribution in [0.4, 0.5) is 0 Å². The molecule has 1 heterocycles. The minimum absolute atomic E-state index is 0.722. The smallest absolute Gasteiger partial charge is 0.113 e. The lowest BCUT2D eigenvalue weighted by molar-refractivity contribution is 1.51. The number of nitriles is 1. The first kappa shape index (κ1) is 9.05. The van der Waals surface area contributed by atoms with Crippen LogP contribution in [0.5, 0.6) is 0 Å². The van der Waals surface area contributed by atoms with Crippen LogP contribution in [-0.2, 0) is 0 Å². The van der Waals surface area contributed by atoms with E-state index in [1.165, 1.54) is 0 Å². The monoisotopic (exact) mass is 195 g/mol. The molecule has 0 spiro atoms. The normalized spacial score (nSPS) is 9.64. The average Bonchev–Trinajstić information content (AvgIpc) is 2.67. The second-order valence-corrected chi connectivity index (χ2v) is 3.81. The van der Waals surface area contributed by atoms with E-state index >= 15 is 0 Å². The summed E-state index contributed by atoms with van der Waals surface area (Å²) in [7, 11) is 5.59. The molecule has 0 aliphatic heterocycles. The van der Waals surface area contributed by atoms with Gasteiger partial charge in [0.1, 0.15) is 13.9 Å². The Morgan fingerprint density at radius 1 is 1.14 bits per heavy atom. The van der Waals surface area contributed by atoms with E-state index in [2.05, 4.69) is 6.07 Å². The molecule has 0 atom stereocenters. The maximum absolute atomic E-state index is 8.86. The Hall–Kier alpha value is -1.53. The van der Waals surface area contributed by atoms with Crippen molar-refractivity contribution < 1.29 is 0 Å². The van der Waals surface area contributed by atoms with Gasteiger partial charge in [0, 0.05) is 0 Å². The minimum atomic E-state index is 0.722. The summed E-state index contributed by atoms with van der Waals surface area (Å²) in [6.07, 6.45) is 0. The Kier molecular flexibility index (Phi) is 2.38. The zero-order valence-electron chi connectivity index (χ0n) is 7.40. The van der Waals surface area contributed by atoms with Gasteiger partial charge < -0.3 is 0 Å². The summed E-state index contributed by atoms with van der Waals surface area (Å²) in [6, 6.07) is 11.5. The third-order valence-corrected chi connectivity index (χ3v) is 2.92. The zero-order valence-corrected chi connectivity index (χ0v) is 8.21.